The molecule has 1 atom stereocenters. The molecule has 2 N–H and O–H groups in total. The number of aromatic hydroxyl groups is 1. The molecule has 0 saturated carbocycles. The monoisotopic (exact) mass is 311 g/mol. The molecule has 4 nitrogen and oxygen atoms in total. The van der Waals surface area contributed by atoms with Gasteiger partial charge in [-0.15, -0.1) is 0 Å². The van der Waals surface area contributed by atoms with Crippen LogP contribution in [-0.4, -0.2) is 14.9 Å². The Morgan fingerprint density at radius 3 is 2.75 bits per heavy atom. The van der Waals surface area contributed by atoms with E-state index >= 15 is 0 Å². The van der Waals surface area contributed by atoms with E-state index in [0.29, 0.717) is 0 Å². The van der Waals surface area contributed by atoms with Crippen LogP contribution in [0.25, 0.3) is 0 Å². The summed E-state index contributed by atoms with van der Waals surface area (Å²) >= 11 is 11.9. The highest BCUT2D eigenvalue weighted by Gasteiger charge is 2.23. The van der Waals surface area contributed by atoms with E-state index < -0.39 is 0 Å². The molecule has 6 heteroatoms. The number of anilines is 1. The van der Waals surface area contributed by atoms with Crippen LogP contribution in [0.15, 0.2) is 18.3 Å². The van der Waals surface area contributed by atoms with Gasteiger partial charge in [-0.05, 0) is 31.4 Å². The van der Waals surface area contributed by atoms with Gasteiger partial charge in [0.1, 0.15) is 0 Å². The van der Waals surface area contributed by atoms with Gasteiger partial charge in [0, 0.05) is 24.0 Å². The SMILES string of the molecule is Cn1ncc2c1CCCC2Nc1cc(Cl)c(O)c(Cl)c1. The van der Waals surface area contributed by atoms with Crippen LogP contribution < -0.4 is 5.32 Å². The lowest BCUT2D eigenvalue weighted by atomic mass is 9.93. The van der Waals surface area contributed by atoms with E-state index in [4.69, 9.17) is 23.2 Å². The number of rotatable bonds is 2. The number of nitrogens with one attached hydrogen (secondary N) is 1. The third-order valence-corrected chi connectivity index (χ3v) is 4.31. The normalized spacial score (nSPS) is 17.9. The van der Waals surface area contributed by atoms with E-state index in [1.807, 2.05) is 17.9 Å². The van der Waals surface area contributed by atoms with E-state index in [2.05, 4.69) is 10.4 Å². The van der Waals surface area contributed by atoms with Crippen molar-refractivity contribution in [1.82, 2.24) is 9.78 Å². The minimum absolute atomic E-state index is 0.0791. The van der Waals surface area contributed by atoms with Gasteiger partial charge in [-0.1, -0.05) is 23.2 Å². The van der Waals surface area contributed by atoms with Gasteiger partial charge in [-0.3, -0.25) is 4.68 Å². The molecule has 0 amide bonds. The number of phenols is 1. The Balaban J connectivity index is 1.89. The summed E-state index contributed by atoms with van der Waals surface area (Å²) in [5.74, 6) is -0.0791. The van der Waals surface area contributed by atoms with Gasteiger partial charge in [0.15, 0.2) is 5.75 Å². The van der Waals surface area contributed by atoms with Crippen LogP contribution in [-0.2, 0) is 13.5 Å². The Hall–Kier alpha value is -1.39. The molecule has 0 aliphatic heterocycles. The molecule has 3 rings (SSSR count). The number of nitrogens with zero attached hydrogens (tertiary/aromatic N) is 2. The maximum absolute atomic E-state index is 9.59. The fourth-order valence-electron chi connectivity index (χ4n) is 2.71. The first-order valence-electron chi connectivity index (χ1n) is 6.51. The van der Waals surface area contributed by atoms with E-state index in [-0.39, 0.29) is 21.8 Å². The highest BCUT2D eigenvalue weighted by molar-refractivity contribution is 6.37. The first-order chi connectivity index (χ1) is 9.56. The zero-order valence-electron chi connectivity index (χ0n) is 11.0. The van der Waals surface area contributed by atoms with Crippen molar-refractivity contribution in [2.75, 3.05) is 5.32 Å². The van der Waals surface area contributed by atoms with Crippen molar-refractivity contribution in [3.8, 4) is 5.75 Å². The minimum Gasteiger partial charge on any atom is -0.505 e. The number of fused-ring (bicyclic) bond motifs is 1. The van der Waals surface area contributed by atoms with E-state index in [1.165, 1.54) is 11.3 Å². The Bertz CT molecular complexity index is 631. The summed E-state index contributed by atoms with van der Waals surface area (Å²) in [4.78, 5) is 0. The number of aryl methyl sites for hydroxylation is 1. The summed E-state index contributed by atoms with van der Waals surface area (Å²) < 4.78 is 1.93. The molecule has 0 bridgehead atoms. The first kappa shape index (κ1) is 13.6. The van der Waals surface area contributed by atoms with Crippen LogP contribution >= 0.6 is 23.2 Å². The molecule has 1 aromatic heterocycles. The average Bonchev–Trinajstić information content (AvgIpc) is 2.79. The van der Waals surface area contributed by atoms with Gasteiger partial charge in [-0.2, -0.15) is 5.10 Å². The van der Waals surface area contributed by atoms with Gasteiger partial charge in [0.2, 0.25) is 0 Å². The molecule has 20 heavy (non-hydrogen) atoms. The van der Waals surface area contributed by atoms with Gasteiger partial charge in [0.25, 0.3) is 0 Å². The fraction of sp³-hybridized carbons (Fsp3) is 0.357. The largest absolute Gasteiger partial charge is 0.505 e. The third-order valence-electron chi connectivity index (χ3n) is 3.73. The molecule has 0 fully saturated rings. The summed E-state index contributed by atoms with van der Waals surface area (Å²) in [6.07, 6.45) is 5.12. The third kappa shape index (κ3) is 2.34. The summed E-state index contributed by atoms with van der Waals surface area (Å²) in [7, 11) is 1.97. The van der Waals surface area contributed by atoms with Gasteiger partial charge >= 0.3 is 0 Å². The zero-order chi connectivity index (χ0) is 14.3. The predicted molar refractivity (Wildman–Crippen MR) is 80.6 cm³/mol. The number of benzene rings is 1. The highest BCUT2D eigenvalue weighted by atomic mass is 35.5. The molecule has 1 unspecified atom stereocenters. The predicted octanol–water partition coefficient (Wildman–Crippen LogP) is 3.92. The zero-order valence-corrected chi connectivity index (χ0v) is 12.5. The smallest absolute Gasteiger partial charge is 0.152 e. The molecule has 1 aromatic carbocycles. The summed E-state index contributed by atoms with van der Waals surface area (Å²) in [5.41, 5.74) is 3.29. The Kier molecular flexibility index (Phi) is 3.52. The number of hydrogen-bond acceptors (Lipinski definition) is 3. The Labute approximate surface area is 127 Å². The maximum Gasteiger partial charge on any atom is 0.152 e. The van der Waals surface area contributed by atoms with Crippen molar-refractivity contribution in [2.24, 2.45) is 7.05 Å². The molecule has 1 heterocycles. The van der Waals surface area contributed by atoms with Crippen molar-refractivity contribution in [3.63, 3.8) is 0 Å². The van der Waals surface area contributed by atoms with Gasteiger partial charge in [0.05, 0.1) is 22.3 Å². The molecule has 0 spiro atoms. The number of halogens is 2. The summed E-state index contributed by atoms with van der Waals surface area (Å²) in [5, 5.41) is 17.8. The Morgan fingerprint density at radius 2 is 2.05 bits per heavy atom. The lowest BCUT2D eigenvalue weighted by molar-refractivity contribution is 0.476. The number of aromatic nitrogens is 2. The second-order valence-electron chi connectivity index (χ2n) is 5.05. The maximum atomic E-state index is 9.59. The van der Waals surface area contributed by atoms with Crippen LogP contribution in [0, 0.1) is 0 Å². The molecule has 0 saturated heterocycles. The summed E-state index contributed by atoms with van der Waals surface area (Å²) in [6, 6.07) is 3.57. The van der Waals surface area contributed by atoms with Crippen LogP contribution in [0.2, 0.25) is 10.0 Å². The van der Waals surface area contributed by atoms with Crippen molar-refractivity contribution in [2.45, 2.75) is 25.3 Å². The van der Waals surface area contributed by atoms with Crippen LogP contribution in [0.1, 0.15) is 30.1 Å². The molecule has 2 aromatic rings. The van der Waals surface area contributed by atoms with Crippen LogP contribution in [0.4, 0.5) is 5.69 Å². The second kappa shape index (κ2) is 5.19. The molecule has 1 aliphatic carbocycles. The molecular formula is C14H15Cl2N3O. The second-order valence-corrected chi connectivity index (χ2v) is 5.86. The fourth-order valence-corrected chi connectivity index (χ4v) is 3.19. The van der Waals surface area contributed by atoms with Crippen LogP contribution in [0.5, 0.6) is 5.75 Å². The highest BCUT2D eigenvalue weighted by Crippen LogP contribution is 2.37. The molecule has 106 valence electrons. The number of phenolic OH excluding ortho intramolecular Hbond substituents is 1. The Morgan fingerprint density at radius 1 is 1.35 bits per heavy atom. The lowest BCUT2D eigenvalue weighted by Gasteiger charge is -2.25. The molecule has 1 aliphatic rings. The van der Waals surface area contributed by atoms with Crippen LogP contribution in [0.3, 0.4) is 0 Å². The average molecular weight is 312 g/mol. The summed E-state index contributed by atoms with van der Waals surface area (Å²) in [6.45, 7) is 0. The molecule has 0 radical (unpaired) electrons. The van der Waals surface area contributed by atoms with Gasteiger partial charge < -0.3 is 10.4 Å². The van der Waals surface area contributed by atoms with Crippen molar-refractivity contribution in [1.29, 1.82) is 0 Å². The standard InChI is InChI=1S/C14H15Cl2N3O/c1-19-13-4-2-3-12(9(13)7-17-19)18-8-5-10(15)14(20)11(16)6-8/h5-7,12,18,20H,2-4H2,1H3. The lowest BCUT2D eigenvalue weighted by Crippen LogP contribution is -2.17. The topological polar surface area (TPSA) is 50.1 Å². The van der Waals surface area contributed by atoms with E-state index in [1.54, 1.807) is 12.1 Å². The van der Waals surface area contributed by atoms with Crippen molar-refractivity contribution in [3.05, 3.63) is 39.6 Å². The van der Waals surface area contributed by atoms with E-state index in [0.717, 1.165) is 24.9 Å². The van der Waals surface area contributed by atoms with Gasteiger partial charge in [-0.25, -0.2) is 0 Å². The quantitative estimate of drug-likeness (QED) is 0.826. The first-order valence-corrected chi connectivity index (χ1v) is 7.27. The number of hydrogen-bond donors (Lipinski definition) is 2. The van der Waals surface area contributed by atoms with Crippen molar-refractivity contribution >= 4 is 28.9 Å². The van der Waals surface area contributed by atoms with E-state index in [9.17, 15) is 5.11 Å². The minimum atomic E-state index is -0.0791. The van der Waals surface area contributed by atoms with Crippen molar-refractivity contribution < 1.29 is 5.11 Å². The molecular weight excluding hydrogens is 297 g/mol.